The zero-order chi connectivity index (χ0) is 15.6. The van der Waals surface area contributed by atoms with E-state index in [-0.39, 0.29) is 10.9 Å². The van der Waals surface area contributed by atoms with Gasteiger partial charge in [-0.25, -0.2) is 18.1 Å². The van der Waals surface area contributed by atoms with Crippen LogP contribution < -0.4 is 4.72 Å². The lowest BCUT2D eigenvalue weighted by Crippen LogP contribution is -2.26. The lowest BCUT2D eigenvalue weighted by atomic mass is 10.2. The average molecular weight is 321 g/mol. The third-order valence-corrected chi connectivity index (χ3v) is 5.77. The molecule has 0 bridgehead atoms. The van der Waals surface area contributed by atoms with E-state index in [0.29, 0.717) is 5.56 Å². The number of thiazole rings is 1. The van der Waals surface area contributed by atoms with Gasteiger partial charge < -0.3 is 0 Å². The third-order valence-electron chi connectivity index (χ3n) is 2.96. The summed E-state index contributed by atoms with van der Waals surface area (Å²) in [6.07, 6.45) is 0. The maximum atomic E-state index is 12.3. The molecule has 0 aliphatic carbocycles. The Bertz CT molecular complexity index is 787. The van der Waals surface area contributed by atoms with Crippen LogP contribution in [0.5, 0.6) is 0 Å². The minimum Gasteiger partial charge on any atom is -0.247 e. The Labute approximate surface area is 128 Å². The number of nitrogens with one attached hydrogen (secondary N) is 1. The van der Waals surface area contributed by atoms with Gasteiger partial charge in [0.25, 0.3) is 0 Å². The monoisotopic (exact) mass is 321 g/mol. The van der Waals surface area contributed by atoms with Crippen molar-refractivity contribution in [3.63, 3.8) is 0 Å². The van der Waals surface area contributed by atoms with Crippen molar-refractivity contribution in [2.24, 2.45) is 0 Å². The Kier molecular flexibility index (Phi) is 4.42. The Balaban J connectivity index is 2.24. The molecule has 1 unspecified atom stereocenters. The van der Waals surface area contributed by atoms with Crippen LogP contribution in [0, 0.1) is 25.2 Å². The molecule has 7 heteroatoms. The normalized spacial score (nSPS) is 12.9. The number of benzene rings is 1. The van der Waals surface area contributed by atoms with Crippen LogP contribution in [-0.4, -0.2) is 13.4 Å². The summed E-state index contributed by atoms with van der Waals surface area (Å²) in [6.45, 7) is 5.55. The summed E-state index contributed by atoms with van der Waals surface area (Å²) in [4.78, 5) is 5.36. The van der Waals surface area contributed by atoms with Gasteiger partial charge in [0.2, 0.25) is 10.0 Å². The van der Waals surface area contributed by atoms with Crippen LogP contribution in [0.2, 0.25) is 0 Å². The van der Waals surface area contributed by atoms with E-state index in [4.69, 9.17) is 5.26 Å². The highest BCUT2D eigenvalue weighted by Crippen LogP contribution is 2.26. The van der Waals surface area contributed by atoms with Crippen molar-refractivity contribution >= 4 is 21.4 Å². The van der Waals surface area contributed by atoms with E-state index in [1.807, 2.05) is 19.9 Å². The van der Waals surface area contributed by atoms with Gasteiger partial charge in [-0.3, -0.25) is 0 Å². The van der Waals surface area contributed by atoms with Gasteiger partial charge in [-0.2, -0.15) is 5.26 Å². The Morgan fingerprint density at radius 3 is 2.38 bits per heavy atom. The van der Waals surface area contributed by atoms with Crippen molar-refractivity contribution in [2.45, 2.75) is 31.7 Å². The highest BCUT2D eigenvalue weighted by Gasteiger charge is 2.21. The summed E-state index contributed by atoms with van der Waals surface area (Å²) < 4.78 is 27.3. The molecule has 0 radical (unpaired) electrons. The van der Waals surface area contributed by atoms with Crippen molar-refractivity contribution in [3.05, 3.63) is 45.4 Å². The molecule has 0 amide bonds. The minimum absolute atomic E-state index is 0.146. The van der Waals surface area contributed by atoms with Crippen LogP contribution in [0.1, 0.15) is 34.1 Å². The topological polar surface area (TPSA) is 82.8 Å². The summed E-state index contributed by atoms with van der Waals surface area (Å²) in [7, 11) is -3.62. The van der Waals surface area contributed by atoms with E-state index in [9.17, 15) is 8.42 Å². The van der Waals surface area contributed by atoms with E-state index in [1.54, 1.807) is 6.92 Å². The molecule has 0 spiro atoms. The lowest BCUT2D eigenvalue weighted by Gasteiger charge is -2.13. The first kappa shape index (κ1) is 15.6. The van der Waals surface area contributed by atoms with Crippen molar-refractivity contribution in [1.82, 2.24) is 9.71 Å². The number of aromatic nitrogens is 1. The predicted molar refractivity (Wildman–Crippen MR) is 81.5 cm³/mol. The molecule has 21 heavy (non-hydrogen) atoms. The van der Waals surface area contributed by atoms with Gasteiger partial charge in [0.15, 0.2) is 0 Å². The zero-order valence-corrected chi connectivity index (χ0v) is 13.5. The SMILES string of the molecule is Cc1nc(C)c(C(C)NS(=O)(=O)c2ccc(C#N)cc2)s1. The highest BCUT2D eigenvalue weighted by molar-refractivity contribution is 7.89. The number of sulfonamides is 1. The van der Waals surface area contributed by atoms with Crippen molar-refractivity contribution in [3.8, 4) is 6.07 Å². The first-order chi connectivity index (χ1) is 9.83. The molecular formula is C14H15N3O2S2. The van der Waals surface area contributed by atoms with Crippen LogP contribution >= 0.6 is 11.3 Å². The van der Waals surface area contributed by atoms with Crippen molar-refractivity contribution in [1.29, 1.82) is 5.26 Å². The van der Waals surface area contributed by atoms with Crippen molar-refractivity contribution < 1.29 is 8.42 Å². The molecule has 0 aliphatic rings. The standard InChI is InChI=1S/C14H15N3O2S2/c1-9-14(20-11(3)16-9)10(2)17-21(18,19)13-6-4-12(8-15)5-7-13/h4-7,10,17H,1-3H3. The fourth-order valence-electron chi connectivity index (χ4n) is 2.01. The fourth-order valence-corrected chi connectivity index (χ4v) is 4.23. The van der Waals surface area contributed by atoms with Gasteiger partial charge >= 0.3 is 0 Å². The van der Waals surface area contributed by atoms with Crippen LogP contribution in [0.25, 0.3) is 0 Å². The molecule has 0 fully saturated rings. The summed E-state index contributed by atoms with van der Waals surface area (Å²) in [6, 6.07) is 7.44. The van der Waals surface area contributed by atoms with Gasteiger partial charge in [0.1, 0.15) is 0 Å². The molecule has 1 N–H and O–H groups in total. The highest BCUT2D eigenvalue weighted by atomic mass is 32.2. The predicted octanol–water partition coefficient (Wildman–Crippen LogP) is 2.67. The maximum absolute atomic E-state index is 12.3. The third kappa shape index (κ3) is 3.47. The minimum atomic E-state index is -3.62. The van der Waals surface area contributed by atoms with Gasteiger partial charge in [-0.05, 0) is 45.0 Å². The Hall–Kier alpha value is -1.75. The summed E-state index contributed by atoms with van der Waals surface area (Å²) in [5, 5.41) is 9.65. The van der Waals surface area contributed by atoms with Crippen LogP contribution in [0.15, 0.2) is 29.2 Å². The second-order valence-electron chi connectivity index (χ2n) is 4.66. The van der Waals surface area contributed by atoms with Gasteiger partial charge in [0.05, 0.1) is 33.3 Å². The van der Waals surface area contributed by atoms with Crippen LogP contribution in [-0.2, 0) is 10.0 Å². The molecule has 1 atom stereocenters. The van der Waals surface area contributed by atoms with E-state index >= 15 is 0 Å². The molecule has 2 rings (SSSR count). The first-order valence-electron chi connectivity index (χ1n) is 6.30. The lowest BCUT2D eigenvalue weighted by molar-refractivity contribution is 0.568. The first-order valence-corrected chi connectivity index (χ1v) is 8.60. The summed E-state index contributed by atoms with van der Waals surface area (Å²) in [5.74, 6) is 0. The van der Waals surface area contributed by atoms with E-state index in [1.165, 1.54) is 35.6 Å². The second-order valence-corrected chi connectivity index (χ2v) is 7.61. The Morgan fingerprint density at radius 2 is 1.90 bits per heavy atom. The number of nitrogens with zero attached hydrogens (tertiary/aromatic N) is 2. The van der Waals surface area contributed by atoms with Gasteiger partial charge in [-0.1, -0.05) is 0 Å². The van der Waals surface area contributed by atoms with Gasteiger partial charge in [-0.15, -0.1) is 11.3 Å². The number of rotatable bonds is 4. The fraction of sp³-hybridized carbons (Fsp3) is 0.286. The largest absolute Gasteiger partial charge is 0.247 e. The molecule has 1 aromatic heterocycles. The molecule has 0 aliphatic heterocycles. The number of hydrogen-bond donors (Lipinski definition) is 1. The van der Waals surface area contributed by atoms with Gasteiger partial charge in [0, 0.05) is 4.88 Å². The number of aryl methyl sites for hydroxylation is 2. The van der Waals surface area contributed by atoms with E-state index in [2.05, 4.69) is 9.71 Å². The van der Waals surface area contributed by atoms with E-state index in [0.717, 1.165) is 15.6 Å². The van der Waals surface area contributed by atoms with Crippen LogP contribution in [0.4, 0.5) is 0 Å². The molecular weight excluding hydrogens is 306 g/mol. The molecule has 2 aromatic rings. The molecule has 1 heterocycles. The maximum Gasteiger partial charge on any atom is 0.241 e. The summed E-state index contributed by atoms with van der Waals surface area (Å²) >= 11 is 1.48. The second kappa shape index (κ2) is 5.93. The quantitative estimate of drug-likeness (QED) is 0.938. The molecule has 0 saturated carbocycles. The smallest absolute Gasteiger partial charge is 0.241 e. The average Bonchev–Trinajstić information content (AvgIpc) is 2.77. The molecule has 5 nitrogen and oxygen atoms in total. The van der Waals surface area contributed by atoms with Crippen molar-refractivity contribution in [2.75, 3.05) is 0 Å². The Morgan fingerprint density at radius 1 is 1.29 bits per heavy atom. The number of nitriles is 1. The molecule has 1 aromatic carbocycles. The molecule has 0 saturated heterocycles. The summed E-state index contributed by atoms with van der Waals surface area (Å²) in [5.41, 5.74) is 1.27. The van der Waals surface area contributed by atoms with E-state index < -0.39 is 10.0 Å². The zero-order valence-electron chi connectivity index (χ0n) is 11.9. The number of hydrogen-bond acceptors (Lipinski definition) is 5. The van der Waals surface area contributed by atoms with Crippen LogP contribution in [0.3, 0.4) is 0 Å². The molecule has 110 valence electrons.